The van der Waals surface area contributed by atoms with Gasteiger partial charge in [0, 0.05) is 19.8 Å². The lowest BCUT2D eigenvalue weighted by Gasteiger charge is -2.11. The number of hydrazone groups is 1. The number of H-pyrrole nitrogens is 1. The average molecular weight is 418 g/mol. The predicted molar refractivity (Wildman–Crippen MR) is 105 cm³/mol. The van der Waals surface area contributed by atoms with Crippen molar-refractivity contribution < 1.29 is 4.79 Å². The third-order valence-electron chi connectivity index (χ3n) is 3.44. The van der Waals surface area contributed by atoms with Gasteiger partial charge >= 0.3 is 0 Å². The minimum Gasteiger partial charge on any atom is -0.378 e. The molecule has 0 aliphatic carbocycles. The number of halogens is 1. The molecule has 0 atom stereocenters. The molecular formula is C17H16BrN5OS. The second-order valence-corrected chi connectivity index (χ2v) is 7.92. The first-order valence-corrected chi connectivity index (χ1v) is 9.06. The highest BCUT2D eigenvalue weighted by molar-refractivity contribution is 9.11. The average Bonchev–Trinajstić information content (AvgIpc) is 3.24. The normalized spacial score (nSPS) is 11.0. The van der Waals surface area contributed by atoms with Gasteiger partial charge < -0.3 is 4.90 Å². The smallest absolute Gasteiger partial charge is 0.291 e. The number of benzene rings is 1. The third-order valence-corrected chi connectivity index (χ3v) is 5.10. The monoisotopic (exact) mass is 417 g/mol. The number of carbonyl (C=O) groups excluding carboxylic acids is 1. The van der Waals surface area contributed by atoms with E-state index in [2.05, 4.69) is 36.7 Å². The Balaban J connectivity index is 1.61. The summed E-state index contributed by atoms with van der Waals surface area (Å²) in [6.45, 7) is 0. The molecule has 3 rings (SSSR count). The van der Waals surface area contributed by atoms with Crippen LogP contribution in [0.3, 0.4) is 0 Å². The molecule has 25 heavy (non-hydrogen) atoms. The van der Waals surface area contributed by atoms with Gasteiger partial charge in [-0.05, 0) is 51.8 Å². The zero-order valence-corrected chi connectivity index (χ0v) is 16.1. The molecule has 0 unspecified atom stereocenters. The second kappa shape index (κ2) is 7.62. The number of carbonyl (C=O) groups is 1. The number of nitrogens with zero attached hydrogens (tertiary/aromatic N) is 3. The minimum atomic E-state index is -0.362. The van der Waals surface area contributed by atoms with Crippen molar-refractivity contribution in [2.75, 3.05) is 19.0 Å². The molecule has 0 spiro atoms. The molecule has 0 radical (unpaired) electrons. The zero-order chi connectivity index (χ0) is 17.8. The van der Waals surface area contributed by atoms with Crippen molar-refractivity contribution in [3.05, 3.63) is 57.5 Å². The van der Waals surface area contributed by atoms with E-state index < -0.39 is 0 Å². The standard InChI is InChI=1S/C17H16BrN5OS/c1-23(2)12-5-3-11(4-6-12)10-19-22-17(24)14-9-13(20-21-14)15-7-8-16(18)25-15/h3-10H,1-2H3,(H,20,21)(H,22,24). The van der Waals surface area contributed by atoms with Crippen molar-refractivity contribution in [2.24, 2.45) is 5.10 Å². The lowest BCUT2D eigenvalue weighted by Crippen LogP contribution is -2.18. The topological polar surface area (TPSA) is 73.4 Å². The van der Waals surface area contributed by atoms with Gasteiger partial charge in [0.1, 0.15) is 0 Å². The van der Waals surface area contributed by atoms with Crippen LogP contribution >= 0.6 is 27.3 Å². The van der Waals surface area contributed by atoms with Crippen molar-refractivity contribution >= 4 is 45.1 Å². The number of rotatable bonds is 5. The van der Waals surface area contributed by atoms with Gasteiger partial charge in [-0.1, -0.05) is 12.1 Å². The van der Waals surface area contributed by atoms with Gasteiger partial charge in [0.2, 0.25) is 0 Å². The molecule has 6 nitrogen and oxygen atoms in total. The summed E-state index contributed by atoms with van der Waals surface area (Å²) < 4.78 is 1.02. The molecule has 0 aliphatic rings. The summed E-state index contributed by atoms with van der Waals surface area (Å²) in [7, 11) is 3.96. The number of nitrogens with one attached hydrogen (secondary N) is 2. The fourth-order valence-electron chi connectivity index (χ4n) is 2.10. The minimum absolute atomic E-state index is 0.291. The Kier molecular flexibility index (Phi) is 5.30. The predicted octanol–water partition coefficient (Wildman–Crippen LogP) is 3.73. The Labute approximate surface area is 157 Å². The summed E-state index contributed by atoms with van der Waals surface area (Å²) in [5.74, 6) is -0.362. The van der Waals surface area contributed by atoms with Gasteiger partial charge in [-0.3, -0.25) is 9.89 Å². The number of hydrogen-bond acceptors (Lipinski definition) is 5. The summed E-state index contributed by atoms with van der Waals surface area (Å²) in [6, 6.07) is 13.5. The van der Waals surface area contributed by atoms with Gasteiger partial charge in [0.05, 0.1) is 20.6 Å². The van der Waals surface area contributed by atoms with Crippen LogP contribution in [0.25, 0.3) is 10.6 Å². The molecule has 0 saturated heterocycles. The summed E-state index contributed by atoms with van der Waals surface area (Å²) in [6.07, 6.45) is 1.60. The molecule has 3 aromatic rings. The number of aromatic amines is 1. The number of thiophene rings is 1. The number of aromatic nitrogens is 2. The second-order valence-electron chi connectivity index (χ2n) is 5.46. The van der Waals surface area contributed by atoms with E-state index in [4.69, 9.17) is 0 Å². The Morgan fingerprint density at radius 3 is 2.68 bits per heavy atom. The highest BCUT2D eigenvalue weighted by Crippen LogP contribution is 2.30. The first-order chi connectivity index (χ1) is 12.0. The SMILES string of the molecule is CN(C)c1ccc(C=NNC(=O)c2cc(-c3ccc(Br)s3)[nH]n2)cc1. The lowest BCUT2D eigenvalue weighted by molar-refractivity contribution is 0.0950. The molecule has 2 heterocycles. The van der Waals surface area contributed by atoms with E-state index in [1.165, 1.54) is 0 Å². The zero-order valence-electron chi connectivity index (χ0n) is 13.7. The van der Waals surface area contributed by atoms with E-state index in [0.717, 1.165) is 25.6 Å². The number of hydrogen-bond donors (Lipinski definition) is 2. The molecule has 0 aliphatic heterocycles. The molecule has 0 saturated carbocycles. The van der Waals surface area contributed by atoms with Crippen LogP contribution in [-0.4, -0.2) is 36.4 Å². The van der Waals surface area contributed by atoms with Crippen LogP contribution in [0.15, 0.2) is 51.4 Å². The van der Waals surface area contributed by atoms with Crippen molar-refractivity contribution in [3.8, 4) is 10.6 Å². The van der Waals surface area contributed by atoms with Gasteiger partial charge in [-0.2, -0.15) is 10.2 Å². The molecule has 8 heteroatoms. The van der Waals surface area contributed by atoms with E-state index in [-0.39, 0.29) is 5.91 Å². The van der Waals surface area contributed by atoms with E-state index in [9.17, 15) is 4.79 Å². The molecule has 1 amide bonds. The van der Waals surface area contributed by atoms with Gasteiger partial charge in [-0.25, -0.2) is 5.43 Å². The van der Waals surface area contributed by atoms with Crippen LogP contribution in [0.1, 0.15) is 16.1 Å². The van der Waals surface area contributed by atoms with Crippen molar-refractivity contribution in [1.29, 1.82) is 0 Å². The Morgan fingerprint density at radius 1 is 1.28 bits per heavy atom. The molecule has 0 fully saturated rings. The highest BCUT2D eigenvalue weighted by Gasteiger charge is 2.11. The highest BCUT2D eigenvalue weighted by atomic mass is 79.9. The quantitative estimate of drug-likeness (QED) is 0.490. The third kappa shape index (κ3) is 4.34. The summed E-state index contributed by atoms with van der Waals surface area (Å²) in [4.78, 5) is 15.1. The van der Waals surface area contributed by atoms with Crippen molar-refractivity contribution in [2.45, 2.75) is 0 Å². The fraction of sp³-hybridized carbons (Fsp3) is 0.118. The van der Waals surface area contributed by atoms with Crippen LogP contribution in [0.4, 0.5) is 5.69 Å². The van der Waals surface area contributed by atoms with Crippen LogP contribution in [0.2, 0.25) is 0 Å². The summed E-state index contributed by atoms with van der Waals surface area (Å²) in [5, 5.41) is 10.9. The fourth-order valence-corrected chi connectivity index (χ4v) is 3.46. The van der Waals surface area contributed by atoms with Gasteiger partial charge in [0.25, 0.3) is 5.91 Å². The summed E-state index contributed by atoms with van der Waals surface area (Å²) >= 11 is 4.98. The van der Waals surface area contributed by atoms with Gasteiger partial charge in [-0.15, -0.1) is 11.3 Å². The van der Waals surface area contributed by atoms with E-state index >= 15 is 0 Å². The van der Waals surface area contributed by atoms with Crippen LogP contribution in [0, 0.1) is 0 Å². The Bertz CT molecular complexity index is 898. The maximum Gasteiger partial charge on any atom is 0.291 e. The maximum atomic E-state index is 12.1. The van der Waals surface area contributed by atoms with Crippen molar-refractivity contribution in [3.63, 3.8) is 0 Å². The van der Waals surface area contributed by atoms with E-state index in [1.807, 2.05) is 55.4 Å². The first-order valence-electron chi connectivity index (χ1n) is 7.45. The molecular weight excluding hydrogens is 402 g/mol. The van der Waals surface area contributed by atoms with Gasteiger partial charge in [0.15, 0.2) is 5.69 Å². The first kappa shape index (κ1) is 17.4. The number of anilines is 1. The van der Waals surface area contributed by atoms with E-state index in [1.54, 1.807) is 23.6 Å². The molecule has 1 aromatic carbocycles. The Morgan fingerprint density at radius 2 is 2.04 bits per heavy atom. The molecule has 2 N–H and O–H groups in total. The van der Waals surface area contributed by atoms with Crippen molar-refractivity contribution in [1.82, 2.24) is 15.6 Å². The summed E-state index contributed by atoms with van der Waals surface area (Å²) in [5.41, 5.74) is 5.58. The number of amides is 1. The van der Waals surface area contributed by atoms with Crippen LogP contribution in [0.5, 0.6) is 0 Å². The maximum absolute atomic E-state index is 12.1. The molecule has 2 aromatic heterocycles. The lowest BCUT2D eigenvalue weighted by atomic mass is 10.2. The van der Waals surface area contributed by atoms with Crippen LogP contribution in [-0.2, 0) is 0 Å². The van der Waals surface area contributed by atoms with Crippen LogP contribution < -0.4 is 10.3 Å². The largest absolute Gasteiger partial charge is 0.378 e. The molecule has 128 valence electrons. The van der Waals surface area contributed by atoms with E-state index in [0.29, 0.717) is 5.69 Å². The molecule has 0 bridgehead atoms. The Hall–Kier alpha value is -2.45.